The van der Waals surface area contributed by atoms with Crippen molar-refractivity contribution in [1.29, 1.82) is 5.26 Å². The first-order valence-corrected chi connectivity index (χ1v) is 8.71. The normalized spacial score (nSPS) is 10.6. The average molecular weight is 438 g/mol. The molecule has 0 saturated carbocycles. The fraction of sp³-hybridized carbons (Fsp3) is 0. The predicted molar refractivity (Wildman–Crippen MR) is 107 cm³/mol. The lowest BCUT2D eigenvalue weighted by Crippen LogP contribution is -2.16. The third-order valence-electron chi connectivity index (χ3n) is 3.71. The summed E-state index contributed by atoms with van der Waals surface area (Å²) in [4.78, 5) is 30.3. The number of anilines is 1. The van der Waals surface area contributed by atoms with Gasteiger partial charge in [-0.2, -0.15) is 10.4 Å². The van der Waals surface area contributed by atoms with Crippen LogP contribution in [0.1, 0.15) is 21.5 Å². The van der Waals surface area contributed by atoms with Crippen LogP contribution in [0, 0.1) is 11.3 Å². The molecule has 0 bridgehead atoms. The second kappa shape index (κ2) is 8.28. The van der Waals surface area contributed by atoms with Crippen LogP contribution in [0.5, 0.6) is 0 Å². The van der Waals surface area contributed by atoms with Crippen molar-refractivity contribution in [3.05, 3.63) is 80.0 Å². The third-order valence-corrected chi connectivity index (χ3v) is 4.37. The molecule has 3 aromatic rings. The van der Waals surface area contributed by atoms with Gasteiger partial charge in [-0.25, -0.2) is 15.2 Å². The Hall–Kier alpha value is -3.77. The molecule has 28 heavy (non-hydrogen) atoms. The van der Waals surface area contributed by atoms with E-state index in [1.807, 2.05) is 12.1 Å². The van der Waals surface area contributed by atoms with Crippen molar-refractivity contribution in [2.45, 2.75) is 0 Å². The zero-order valence-electron chi connectivity index (χ0n) is 14.2. The minimum Gasteiger partial charge on any atom is -0.478 e. The Morgan fingerprint density at radius 1 is 1.25 bits per heavy atom. The van der Waals surface area contributed by atoms with Crippen LogP contribution >= 0.6 is 15.9 Å². The number of aromatic carboxylic acids is 1. The Labute approximate surface area is 167 Å². The Morgan fingerprint density at radius 3 is 2.68 bits per heavy atom. The molecule has 9 heteroatoms. The van der Waals surface area contributed by atoms with Crippen molar-refractivity contribution < 1.29 is 9.90 Å². The van der Waals surface area contributed by atoms with Crippen LogP contribution in [0.4, 0.5) is 5.95 Å². The van der Waals surface area contributed by atoms with Gasteiger partial charge in [-0.3, -0.25) is 9.78 Å². The molecule has 0 aliphatic heterocycles. The topological polar surface area (TPSA) is 131 Å². The van der Waals surface area contributed by atoms with Gasteiger partial charge in [0.15, 0.2) is 0 Å². The fourth-order valence-electron chi connectivity index (χ4n) is 2.47. The molecule has 0 aliphatic carbocycles. The first-order chi connectivity index (χ1) is 13.5. The Kier molecular flexibility index (Phi) is 5.62. The average Bonchev–Trinajstić information content (AvgIpc) is 2.68. The summed E-state index contributed by atoms with van der Waals surface area (Å²) >= 11 is 3.19. The Morgan fingerprint density at radius 2 is 2.00 bits per heavy atom. The van der Waals surface area contributed by atoms with Gasteiger partial charge in [-0.05, 0) is 22.0 Å². The maximum absolute atomic E-state index is 12.2. The van der Waals surface area contributed by atoms with Crippen LogP contribution < -0.4 is 11.0 Å². The molecule has 1 heterocycles. The molecule has 8 nitrogen and oxygen atoms in total. The molecule has 1 aromatic heterocycles. The molecule has 2 aromatic carbocycles. The van der Waals surface area contributed by atoms with E-state index in [4.69, 9.17) is 0 Å². The number of rotatable bonds is 5. The summed E-state index contributed by atoms with van der Waals surface area (Å²) in [6.07, 6.45) is 1.30. The van der Waals surface area contributed by atoms with E-state index in [1.165, 1.54) is 6.21 Å². The van der Waals surface area contributed by atoms with E-state index >= 15 is 0 Å². The molecule has 3 N–H and O–H groups in total. The number of hydrogen-bond donors (Lipinski definition) is 3. The number of nitrogens with zero attached hydrogens (tertiary/aromatic N) is 3. The monoisotopic (exact) mass is 437 g/mol. The number of halogens is 1. The van der Waals surface area contributed by atoms with Gasteiger partial charge >= 0.3 is 5.97 Å². The molecule has 0 saturated heterocycles. The largest absolute Gasteiger partial charge is 0.478 e. The van der Waals surface area contributed by atoms with Crippen molar-refractivity contribution >= 4 is 34.1 Å². The van der Waals surface area contributed by atoms with Gasteiger partial charge in [0.2, 0.25) is 5.95 Å². The lowest BCUT2D eigenvalue weighted by atomic mass is 10.1. The number of carboxylic acid groups (broad SMARTS) is 1. The number of nitrogens with one attached hydrogen (secondary N) is 2. The van der Waals surface area contributed by atoms with Gasteiger partial charge in [0, 0.05) is 15.6 Å². The van der Waals surface area contributed by atoms with E-state index in [9.17, 15) is 20.0 Å². The summed E-state index contributed by atoms with van der Waals surface area (Å²) < 4.78 is 0.417. The molecule has 138 valence electrons. The summed E-state index contributed by atoms with van der Waals surface area (Å²) in [5.74, 6) is -1.09. The van der Waals surface area contributed by atoms with Crippen LogP contribution in [0.3, 0.4) is 0 Å². The van der Waals surface area contributed by atoms with Crippen molar-refractivity contribution in [1.82, 2.24) is 9.97 Å². The molecular formula is C19H12BrN5O3. The smallest absolute Gasteiger partial charge is 0.337 e. The summed E-state index contributed by atoms with van der Waals surface area (Å²) in [5.41, 5.74) is 3.09. The molecule has 0 atom stereocenters. The van der Waals surface area contributed by atoms with E-state index in [2.05, 4.69) is 36.4 Å². The molecule has 0 fully saturated rings. The van der Waals surface area contributed by atoms with Crippen LogP contribution in [0.25, 0.3) is 11.3 Å². The van der Waals surface area contributed by atoms with Crippen molar-refractivity contribution in [2.75, 3.05) is 5.43 Å². The standard InChI is InChI=1S/C19H12BrN5O3/c20-14-8-4-7-12(15(14)18(27)28)10-22-25-19-23-16(11-5-2-1-3-6-11)13(9-21)17(26)24-19/h1-8,10H,(H,27,28)(H2,23,24,25,26). The van der Waals surface area contributed by atoms with Gasteiger partial charge in [-0.15, -0.1) is 0 Å². The molecule has 0 spiro atoms. The molecule has 0 aliphatic rings. The first-order valence-electron chi connectivity index (χ1n) is 7.92. The van der Waals surface area contributed by atoms with Crippen molar-refractivity contribution in [3.8, 4) is 17.3 Å². The van der Waals surface area contributed by atoms with E-state index in [1.54, 1.807) is 42.5 Å². The maximum atomic E-state index is 12.2. The SMILES string of the molecule is N#Cc1c(-c2ccccc2)nc(NN=Cc2cccc(Br)c2C(=O)O)[nH]c1=O. The summed E-state index contributed by atoms with van der Waals surface area (Å²) in [5, 5.41) is 22.5. The number of benzene rings is 2. The predicted octanol–water partition coefficient (Wildman–Crippen LogP) is 3.22. The quantitative estimate of drug-likeness (QED) is 0.414. The summed E-state index contributed by atoms with van der Waals surface area (Å²) in [6.45, 7) is 0. The van der Waals surface area contributed by atoms with Gasteiger partial charge in [-0.1, -0.05) is 42.5 Å². The highest BCUT2D eigenvalue weighted by atomic mass is 79.9. The number of carboxylic acids is 1. The molecule has 3 rings (SSSR count). The fourth-order valence-corrected chi connectivity index (χ4v) is 3.02. The second-order valence-electron chi connectivity index (χ2n) is 5.50. The van der Waals surface area contributed by atoms with Gasteiger partial charge < -0.3 is 5.11 Å². The Bertz CT molecular complexity index is 1170. The second-order valence-corrected chi connectivity index (χ2v) is 6.35. The number of aromatic amines is 1. The lowest BCUT2D eigenvalue weighted by molar-refractivity contribution is 0.0696. The van der Waals surface area contributed by atoms with Crippen molar-refractivity contribution in [3.63, 3.8) is 0 Å². The van der Waals surface area contributed by atoms with Crippen molar-refractivity contribution in [2.24, 2.45) is 5.10 Å². The zero-order valence-corrected chi connectivity index (χ0v) is 15.8. The number of aromatic nitrogens is 2. The van der Waals surface area contributed by atoms with Gasteiger partial charge in [0.1, 0.15) is 11.6 Å². The maximum Gasteiger partial charge on any atom is 0.337 e. The Balaban J connectivity index is 1.95. The molecule has 0 amide bonds. The number of nitriles is 1. The van der Waals surface area contributed by atoms with E-state index < -0.39 is 11.5 Å². The number of carbonyl (C=O) groups is 1. The minimum atomic E-state index is -1.11. The lowest BCUT2D eigenvalue weighted by Gasteiger charge is -2.06. The van der Waals surface area contributed by atoms with E-state index in [-0.39, 0.29) is 22.8 Å². The number of H-pyrrole nitrogens is 1. The molecule has 0 unspecified atom stereocenters. The highest BCUT2D eigenvalue weighted by molar-refractivity contribution is 9.10. The highest BCUT2D eigenvalue weighted by Crippen LogP contribution is 2.21. The summed E-state index contributed by atoms with van der Waals surface area (Å²) in [6, 6.07) is 15.5. The van der Waals surface area contributed by atoms with Crippen LogP contribution in [0.2, 0.25) is 0 Å². The number of hydrogen-bond acceptors (Lipinski definition) is 6. The highest BCUT2D eigenvalue weighted by Gasteiger charge is 2.14. The minimum absolute atomic E-state index is 0.0194. The van der Waals surface area contributed by atoms with Gasteiger partial charge in [0.05, 0.1) is 17.5 Å². The van der Waals surface area contributed by atoms with E-state index in [0.717, 1.165) is 0 Å². The number of hydrazone groups is 1. The molecular weight excluding hydrogens is 426 g/mol. The van der Waals surface area contributed by atoms with Crippen LogP contribution in [0.15, 0.2) is 62.9 Å². The summed E-state index contributed by atoms with van der Waals surface area (Å²) in [7, 11) is 0. The van der Waals surface area contributed by atoms with Gasteiger partial charge in [0.25, 0.3) is 5.56 Å². The third kappa shape index (κ3) is 3.97. The molecule has 0 radical (unpaired) electrons. The van der Waals surface area contributed by atoms with Crippen LogP contribution in [-0.4, -0.2) is 27.3 Å². The first kappa shape index (κ1) is 19.0. The van der Waals surface area contributed by atoms with E-state index in [0.29, 0.717) is 15.6 Å². The zero-order chi connectivity index (χ0) is 20.1. The van der Waals surface area contributed by atoms with Crippen LogP contribution in [-0.2, 0) is 0 Å².